The Morgan fingerprint density at radius 3 is 2.93 bits per heavy atom. The zero-order valence-corrected chi connectivity index (χ0v) is 8.12. The van der Waals surface area contributed by atoms with Crippen molar-refractivity contribution in [2.45, 2.75) is 0 Å². The van der Waals surface area contributed by atoms with Crippen molar-refractivity contribution < 1.29 is 5.11 Å². The van der Waals surface area contributed by atoms with Crippen molar-refractivity contribution in [1.29, 1.82) is 0 Å². The topological polar surface area (TPSA) is 55.1 Å². The molecule has 0 amide bonds. The van der Waals surface area contributed by atoms with E-state index in [9.17, 15) is 9.90 Å². The maximum atomic E-state index is 11.2. The van der Waals surface area contributed by atoms with Gasteiger partial charge in [-0.15, -0.1) is 0 Å². The second-order valence-corrected chi connectivity index (χ2v) is 3.37. The molecule has 1 heterocycles. The van der Waals surface area contributed by atoms with E-state index in [1.54, 1.807) is 13.1 Å². The molecule has 0 saturated heterocycles. The molecule has 5 heteroatoms. The van der Waals surface area contributed by atoms with E-state index in [1.807, 2.05) is 0 Å². The summed E-state index contributed by atoms with van der Waals surface area (Å²) in [6.07, 6.45) is 1.43. The van der Waals surface area contributed by atoms with Crippen molar-refractivity contribution in [1.82, 2.24) is 9.55 Å². The van der Waals surface area contributed by atoms with Gasteiger partial charge >= 0.3 is 5.69 Å². The zero-order chi connectivity index (χ0) is 10.3. The minimum atomic E-state index is -0.362. The maximum Gasteiger partial charge on any atom is 0.347 e. The quantitative estimate of drug-likeness (QED) is 0.713. The predicted molar refractivity (Wildman–Crippen MR) is 53.7 cm³/mol. The third-order valence-electron chi connectivity index (χ3n) is 2.06. The molecular formula is C9H7ClN2O2. The maximum absolute atomic E-state index is 11.2. The molecule has 72 valence electrons. The van der Waals surface area contributed by atoms with Gasteiger partial charge in [0, 0.05) is 24.7 Å². The number of aromatic nitrogens is 2. The highest BCUT2D eigenvalue weighted by Crippen LogP contribution is 2.27. The molecule has 0 spiro atoms. The Morgan fingerprint density at radius 2 is 2.21 bits per heavy atom. The van der Waals surface area contributed by atoms with Crippen molar-refractivity contribution in [2.24, 2.45) is 7.05 Å². The number of fused-ring (bicyclic) bond motifs is 1. The van der Waals surface area contributed by atoms with E-state index in [0.717, 1.165) is 5.39 Å². The molecule has 0 unspecified atom stereocenters. The van der Waals surface area contributed by atoms with Crippen molar-refractivity contribution >= 4 is 22.5 Å². The lowest BCUT2D eigenvalue weighted by Crippen LogP contribution is -2.19. The lowest BCUT2D eigenvalue weighted by atomic mass is 10.2. The molecule has 2 rings (SSSR count). The summed E-state index contributed by atoms with van der Waals surface area (Å²) in [7, 11) is 1.59. The van der Waals surface area contributed by atoms with E-state index in [2.05, 4.69) is 4.98 Å². The molecule has 0 atom stereocenters. The largest absolute Gasteiger partial charge is 0.506 e. The van der Waals surface area contributed by atoms with Crippen LogP contribution in [-0.4, -0.2) is 14.7 Å². The Morgan fingerprint density at radius 1 is 1.50 bits per heavy atom. The van der Waals surface area contributed by atoms with Crippen LogP contribution >= 0.6 is 11.6 Å². The Kier molecular flexibility index (Phi) is 1.93. The van der Waals surface area contributed by atoms with Gasteiger partial charge < -0.3 is 5.11 Å². The van der Waals surface area contributed by atoms with Gasteiger partial charge in [-0.2, -0.15) is 0 Å². The van der Waals surface area contributed by atoms with Crippen LogP contribution in [0, 0.1) is 0 Å². The minimum absolute atomic E-state index is 0.0413. The summed E-state index contributed by atoms with van der Waals surface area (Å²) in [6.45, 7) is 0. The number of phenols is 1. The summed E-state index contributed by atoms with van der Waals surface area (Å²) < 4.78 is 1.35. The molecule has 0 aliphatic heterocycles. The van der Waals surface area contributed by atoms with Crippen LogP contribution in [0.4, 0.5) is 0 Å². The molecule has 1 aromatic heterocycles. The van der Waals surface area contributed by atoms with Gasteiger partial charge in [-0.25, -0.2) is 9.78 Å². The summed E-state index contributed by atoms with van der Waals surface area (Å²) in [5.41, 5.74) is 0.242. The SMILES string of the molecule is Cn1c(=O)ncc2cc(Cl)c(O)cc21. The molecule has 14 heavy (non-hydrogen) atoms. The third-order valence-corrected chi connectivity index (χ3v) is 2.36. The summed E-state index contributed by atoms with van der Waals surface area (Å²) in [5.74, 6) is -0.0413. The predicted octanol–water partition coefficient (Wildman–Crippen LogP) is 1.29. The zero-order valence-electron chi connectivity index (χ0n) is 7.36. The first kappa shape index (κ1) is 9.02. The van der Waals surface area contributed by atoms with E-state index in [1.165, 1.54) is 16.8 Å². The van der Waals surface area contributed by atoms with Gasteiger partial charge in [-0.05, 0) is 6.07 Å². The number of rotatable bonds is 0. The number of phenolic OH excluding ortho intramolecular Hbond substituents is 1. The van der Waals surface area contributed by atoms with Crippen LogP contribution in [0.2, 0.25) is 5.02 Å². The fraction of sp³-hybridized carbons (Fsp3) is 0.111. The molecule has 0 bridgehead atoms. The smallest absolute Gasteiger partial charge is 0.347 e. The van der Waals surface area contributed by atoms with E-state index < -0.39 is 0 Å². The average Bonchev–Trinajstić information content (AvgIpc) is 2.15. The lowest BCUT2D eigenvalue weighted by molar-refractivity contribution is 0.476. The second-order valence-electron chi connectivity index (χ2n) is 2.96. The Hall–Kier alpha value is -1.55. The number of benzene rings is 1. The van der Waals surface area contributed by atoms with Gasteiger partial charge in [-0.3, -0.25) is 4.57 Å². The normalized spacial score (nSPS) is 10.7. The first-order valence-electron chi connectivity index (χ1n) is 3.94. The molecule has 1 aromatic carbocycles. The number of nitrogens with zero attached hydrogens (tertiary/aromatic N) is 2. The molecular weight excluding hydrogens is 204 g/mol. The van der Waals surface area contributed by atoms with Crippen molar-refractivity contribution in [3.63, 3.8) is 0 Å². The fourth-order valence-electron chi connectivity index (χ4n) is 1.27. The fourth-order valence-corrected chi connectivity index (χ4v) is 1.45. The van der Waals surface area contributed by atoms with Crippen LogP contribution in [0.1, 0.15) is 0 Å². The van der Waals surface area contributed by atoms with E-state index in [-0.39, 0.29) is 16.5 Å². The number of hydrogen-bond acceptors (Lipinski definition) is 3. The summed E-state index contributed by atoms with van der Waals surface area (Å²) in [6, 6.07) is 3.01. The highest BCUT2D eigenvalue weighted by atomic mass is 35.5. The number of hydrogen-bond donors (Lipinski definition) is 1. The summed E-state index contributed by atoms with van der Waals surface area (Å²) in [4.78, 5) is 14.8. The molecule has 4 nitrogen and oxygen atoms in total. The van der Waals surface area contributed by atoms with Gasteiger partial charge in [0.1, 0.15) is 5.75 Å². The summed E-state index contributed by atoms with van der Waals surface area (Å²) in [5, 5.41) is 10.3. The second kappa shape index (κ2) is 2.99. The van der Waals surface area contributed by atoms with E-state index in [0.29, 0.717) is 5.52 Å². The van der Waals surface area contributed by atoms with Crippen LogP contribution in [0.3, 0.4) is 0 Å². The molecule has 0 radical (unpaired) electrons. The highest BCUT2D eigenvalue weighted by molar-refractivity contribution is 6.32. The summed E-state index contributed by atoms with van der Waals surface area (Å²) >= 11 is 5.71. The van der Waals surface area contributed by atoms with Gasteiger partial charge in [0.15, 0.2) is 0 Å². The van der Waals surface area contributed by atoms with Gasteiger partial charge in [-0.1, -0.05) is 11.6 Å². The monoisotopic (exact) mass is 210 g/mol. The molecule has 2 aromatic rings. The molecule has 1 N–H and O–H groups in total. The molecule has 0 saturated carbocycles. The number of aromatic hydroxyl groups is 1. The van der Waals surface area contributed by atoms with Gasteiger partial charge in [0.2, 0.25) is 0 Å². The van der Waals surface area contributed by atoms with Crippen LogP contribution in [0.25, 0.3) is 10.9 Å². The standard InChI is InChI=1S/C9H7ClN2O2/c1-12-7-3-8(13)6(10)2-5(7)4-11-9(12)14/h2-4,13H,1H3. The Labute approximate surface area is 84.4 Å². The molecule has 0 aliphatic carbocycles. The lowest BCUT2D eigenvalue weighted by Gasteiger charge is -2.04. The Balaban J connectivity index is 2.97. The van der Waals surface area contributed by atoms with Crippen LogP contribution in [-0.2, 0) is 7.05 Å². The average molecular weight is 211 g/mol. The van der Waals surface area contributed by atoms with Gasteiger partial charge in [0.05, 0.1) is 10.5 Å². The molecule has 0 fully saturated rings. The van der Waals surface area contributed by atoms with Crippen LogP contribution < -0.4 is 5.69 Å². The Bertz CT molecular complexity index is 562. The molecule has 0 aliphatic rings. The number of aryl methyl sites for hydroxylation is 1. The first-order valence-corrected chi connectivity index (χ1v) is 4.31. The highest BCUT2D eigenvalue weighted by Gasteiger charge is 2.04. The van der Waals surface area contributed by atoms with Gasteiger partial charge in [0.25, 0.3) is 0 Å². The third kappa shape index (κ3) is 1.24. The van der Waals surface area contributed by atoms with Crippen LogP contribution in [0.15, 0.2) is 23.1 Å². The van der Waals surface area contributed by atoms with E-state index in [4.69, 9.17) is 11.6 Å². The minimum Gasteiger partial charge on any atom is -0.506 e. The number of halogens is 1. The van der Waals surface area contributed by atoms with Crippen molar-refractivity contribution in [3.8, 4) is 5.75 Å². The van der Waals surface area contributed by atoms with Crippen molar-refractivity contribution in [3.05, 3.63) is 33.8 Å². The van der Waals surface area contributed by atoms with E-state index >= 15 is 0 Å². The first-order chi connectivity index (χ1) is 6.59. The van der Waals surface area contributed by atoms with Crippen LogP contribution in [0.5, 0.6) is 5.75 Å². The van der Waals surface area contributed by atoms with Crippen molar-refractivity contribution in [2.75, 3.05) is 0 Å².